The van der Waals surface area contributed by atoms with Crippen molar-refractivity contribution in [2.75, 3.05) is 24.3 Å². The number of rotatable bonds is 4. The zero-order valence-electron chi connectivity index (χ0n) is 12.4. The molecule has 2 rings (SSSR count). The molecule has 0 aliphatic rings. The monoisotopic (exact) mass is 272 g/mol. The molecule has 0 heterocycles. The minimum atomic E-state index is -0.154. The second kappa shape index (κ2) is 5.95. The van der Waals surface area contributed by atoms with Gasteiger partial charge in [-0.15, -0.1) is 0 Å². The van der Waals surface area contributed by atoms with Gasteiger partial charge in [0.1, 0.15) is 5.82 Å². The minimum absolute atomic E-state index is 0.0651. The molecular formula is C17H21FN2. The van der Waals surface area contributed by atoms with Crippen LogP contribution in [0.1, 0.15) is 24.1 Å². The number of hydrogen-bond acceptors (Lipinski definition) is 2. The molecule has 0 amide bonds. The van der Waals surface area contributed by atoms with Crippen LogP contribution in [-0.2, 0) is 0 Å². The Balaban J connectivity index is 2.10. The highest BCUT2D eigenvalue weighted by Gasteiger charge is 2.08. The third-order valence-corrected chi connectivity index (χ3v) is 3.46. The molecule has 2 nitrogen and oxygen atoms in total. The van der Waals surface area contributed by atoms with Crippen LogP contribution < -0.4 is 10.2 Å². The third-order valence-electron chi connectivity index (χ3n) is 3.46. The molecule has 1 N–H and O–H groups in total. The summed E-state index contributed by atoms with van der Waals surface area (Å²) in [6.45, 7) is 3.81. The van der Waals surface area contributed by atoms with Gasteiger partial charge in [0.25, 0.3) is 0 Å². The topological polar surface area (TPSA) is 15.3 Å². The summed E-state index contributed by atoms with van der Waals surface area (Å²) >= 11 is 0. The molecule has 0 fully saturated rings. The predicted molar refractivity (Wildman–Crippen MR) is 83.9 cm³/mol. The van der Waals surface area contributed by atoms with Gasteiger partial charge >= 0.3 is 0 Å². The van der Waals surface area contributed by atoms with Gasteiger partial charge in [-0.2, -0.15) is 0 Å². The van der Waals surface area contributed by atoms with E-state index in [1.54, 1.807) is 13.0 Å². The second-order valence-electron chi connectivity index (χ2n) is 5.32. The van der Waals surface area contributed by atoms with E-state index in [0.717, 1.165) is 16.9 Å². The first-order valence-corrected chi connectivity index (χ1v) is 6.77. The quantitative estimate of drug-likeness (QED) is 0.889. The average molecular weight is 272 g/mol. The molecule has 20 heavy (non-hydrogen) atoms. The van der Waals surface area contributed by atoms with E-state index in [2.05, 4.69) is 22.3 Å². The number of benzene rings is 2. The van der Waals surface area contributed by atoms with Gasteiger partial charge in [-0.05, 0) is 55.3 Å². The molecule has 2 aromatic carbocycles. The van der Waals surface area contributed by atoms with Crippen LogP contribution in [0.5, 0.6) is 0 Å². The first kappa shape index (κ1) is 14.4. The molecule has 2 aromatic rings. The van der Waals surface area contributed by atoms with Crippen LogP contribution >= 0.6 is 0 Å². The van der Waals surface area contributed by atoms with Crippen molar-refractivity contribution in [2.24, 2.45) is 0 Å². The average Bonchev–Trinajstić information content (AvgIpc) is 2.42. The van der Waals surface area contributed by atoms with E-state index in [1.807, 2.05) is 45.3 Å². The maximum absolute atomic E-state index is 13.6. The van der Waals surface area contributed by atoms with Crippen molar-refractivity contribution >= 4 is 11.4 Å². The number of nitrogens with zero attached hydrogens (tertiary/aromatic N) is 1. The molecule has 0 aliphatic heterocycles. The number of anilines is 2. The van der Waals surface area contributed by atoms with Crippen molar-refractivity contribution in [3.8, 4) is 0 Å². The standard InChI is InChI=1S/C17H21FN2/c1-12-5-6-14(11-17(12)18)13(2)19-15-7-9-16(10-8-15)20(3)4/h5-11,13,19H,1-4H3. The van der Waals surface area contributed by atoms with Gasteiger partial charge in [0.15, 0.2) is 0 Å². The first-order valence-electron chi connectivity index (χ1n) is 6.77. The van der Waals surface area contributed by atoms with E-state index in [-0.39, 0.29) is 11.9 Å². The molecule has 1 atom stereocenters. The zero-order chi connectivity index (χ0) is 14.7. The van der Waals surface area contributed by atoms with E-state index in [4.69, 9.17) is 0 Å². The Morgan fingerprint density at radius 2 is 1.70 bits per heavy atom. The van der Waals surface area contributed by atoms with Crippen LogP contribution in [0.25, 0.3) is 0 Å². The minimum Gasteiger partial charge on any atom is -0.379 e. The van der Waals surface area contributed by atoms with Crippen molar-refractivity contribution < 1.29 is 4.39 Å². The predicted octanol–water partition coefficient (Wildman–Crippen LogP) is 4.37. The Kier molecular flexibility index (Phi) is 4.28. The van der Waals surface area contributed by atoms with Crippen LogP contribution in [0.2, 0.25) is 0 Å². The lowest BCUT2D eigenvalue weighted by molar-refractivity contribution is 0.614. The Morgan fingerprint density at radius 3 is 2.25 bits per heavy atom. The summed E-state index contributed by atoms with van der Waals surface area (Å²) in [5, 5.41) is 3.39. The van der Waals surface area contributed by atoms with Crippen molar-refractivity contribution in [3.05, 3.63) is 59.4 Å². The molecule has 0 aromatic heterocycles. The fourth-order valence-corrected chi connectivity index (χ4v) is 2.07. The van der Waals surface area contributed by atoms with Crippen LogP contribution in [0, 0.1) is 12.7 Å². The van der Waals surface area contributed by atoms with Gasteiger partial charge in [0.2, 0.25) is 0 Å². The second-order valence-corrected chi connectivity index (χ2v) is 5.32. The third kappa shape index (κ3) is 3.29. The maximum Gasteiger partial charge on any atom is 0.126 e. The highest BCUT2D eigenvalue weighted by atomic mass is 19.1. The number of halogens is 1. The number of aryl methyl sites for hydroxylation is 1. The molecule has 1 unspecified atom stereocenters. The fourth-order valence-electron chi connectivity index (χ4n) is 2.07. The molecule has 0 bridgehead atoms. The van der Waals surface area contributed by atoms with Gasteiger partial charge in [-0.3, -0.25) is 0 Å². The summed E-state index contributed by atoms with van der Waals surface area (Å²) in [6.07, 6.45) is 0. The van der Waals surface area contributed by atoms with Crippen molar-refractivity contribution in [3.63, 3.8) is 0 Å². The summed E-state index contributed by atoms with van der Waals surface area (Å²) < 4.78 is 13.6. The van der Waals surface area contributed by atoms with Crippen molar-refractivity contribution in [1.82, 2.24) is 0 Å². The summed E-state index contributed by atoms with van der Waals surface area (Å²) in [5.74, 6) is -0.154. The molecule has 3 heteroatoms. The van der Waals surface area contributed by atoms with E-state index in [1.165, 1.54) is 0 Å². The highest BCUT2D eigenvalue weighted by molar-refractivity contribution is 5.55. The summed E-state index contributed by atoms with van der Waals surface area (Å²) in [5.41, 5.74) is 3.81. The van der Waals surface area contributed by atoms with Gasteiger partial charge in [0.05, 0.1) is 0 Å². The number of hydrogen-bond donors (Lipinski definition) is 1. The first-order chi connectivity index (χ1) is 9.47. The zero-order valence-corrected chi connectivity index (χ0v) is 12.4. The molecule has 0 saturated heterocycles. The van der Waals surface area contributed by atoms with E-state index >= 15 is 0 Å². The largest absolute Gasteiger partial charge is 0.379 e. The summed E-state index contributed by atoms with van der Waals surface area (Å²) in [7, 11) is 4.03. The molecule has 0 saturated carbocycles. The summed E-state index contributed by atoms with van der Waals surface area (Å²) in [6, 6.07) is 13.6. The normalized spacial score (nSPS) is 12.1. The van der Waals surface area contributed by atoms with Crippen molar-refractivity contribution in [1.29, 1.82) is 0 Å². The molecule has 0 aliphatic carbocycles. The SMILES string of the molecule is Cc1ccc(C(C)Nc2ccc(N(C)C)cc2)cc1F. The molecule has 0 radical (unpaired) electrons. The van der Waals surface area contributed by atoms with E-state index in [9.17, 15) is 4.39 Å². The van der Waals surface area contributed by atoms with Gasteiger partial charge < -0.3 is 10.2 Å². The lowest BCUT2D eigenvalue weighted by Gasteiger charge is -2.18. The number of nitrogens with one attached hydrogen (secondary N) is 1. The van der Waals surface area contributed by atoms with E-state index in [0.29, 0.717) is 5.56 Å². The maximum atomic E-state index is 13.6. The lowest BCUT2D eigenvalue weighted by atomic mass is 10.1. The smallest absolute Gasteiger partial charge is 0.126 e. The van der Waals surface area contributed by atoms with Crippen LogP contribution in [0.4, 0.5) is 15.8 Å². The fraction of sp³-hybridized carbons (Fsp3) is 0.294. The Labute approximate surface area is 120 Å². The van der Waals surface area contributed by atoms with Crippen molar-refractivity contribution in [2.45, 2.75) is 19.9 Å². The Hall–Kier alpha value is -2.03. The van der Waals surface area contributed by atoms with Gasteiger partial charge in [-0.1, -0.05) is 12.1 Å². The van der Waals surface area contributed by atoms with Crippen LogP contribution in [0.15, 0.2) is 42.5 Å². The van der Waals surface area contributed by atoms with Gasteiger partial charge in [-0.25, -0.2) is 4.39 Å². The lowest BCUT2D eigenvalue weighted by Crippen LogP contribution is -2.09. The summed E-state index contributed by atoms with van der Waals surface area (Å²) in [4.78, 5) is 2.06. The van der Waals surface area contributed by atoms with Crippen LogP contribution in [-0.4, -0.2) is 14.1 Å². The van der Waals surface area contributed by atoms with Crippen LogP contribution in [0.3, 0.4) is 0 Å². The molecule has 0 spiro atoms. The molecular weight excluding hydrogens is 251 g/mol. The Morgan fingerprint density at radius 1 is 1.05 bits per heavy atom. The molecule has 106 valence electrons. The van der Waals surface area contributed by atoms with Gasteiger partial charge in [0, 0.05) is 31.5 Å². The Bertz CT molecular complexity index is 576. The van der Waals surface area contributed by atoms with E-state index < -0.39 is 0 Å². The highest BCUT2D eigenvalue weighted by Crippen LogP contribution is 2.22.